The molecular formula is C17H22INO2. The highest BCUT2D eigenvalue weighted by Gasteiger charge is 2.47. The van der Waals surface area contributed by atoms with Crippen LogP contribution < -0.4 is 0 Å². The van der Waals surface area contributed by atoms with Gasteiger partial charge in [-0.1, -0.05) is 66.8 Å². The molecule has 1 heterocycles. The second-order valence-electron chi connectivity index (χ2n) is 6.17. The van der Waals surface area contributed by atoms with E-state index < -0.39 is 5.41 Å². The van der Waals surface area contributed by atoms with E-state index in [0.717, 1.165) is 17.6 Å². The summed E-state index contributed by atoms with van der Waals surface area (Å²) in [6, 6.07) is 9.93. The van der Waals surface area contributed by atoms with Crippen molar-refractivity contribution in [3.05, 3.63) is 45.6 Å². The number of halogens is 1. The van der Waals surface area contributed by atoms with E-state index in [9.17, 15) is 4.79 Å². The summed E-state index contributed by atoms with van der Waals surface area (Å²) in [7, 11) is 0. The Labute approximate surface area is 140 Å². The molecule has 0 aliphatic carbocycles. The largest absolute Gasteiger partial charge is 0.272 e. The number of hydrogen-bond donors (Lipinski definition) is 0. The Balaban J connectivity index is 2.08. The fourth-order valence-electron chi connectivity index (χ4n) is 2.83. The maximum Gasteiger partial charge on any atom is 0.256 e. The van der Waals surface area contributed by atoms with Crippen molar-refractivity contribution in [2.75, 3.05) is 6.54 Å². The van der Waals surface area contributed by atoms with Crippen LogP contribution >= 0.6 is 22.6 Å². The van der Waals surface area contributed by atoms with Crippen molar-refractivity contribution >= 4 is 28.5 Å². The summed E-state index contributed by atoms with van der Waals surface area (Å²) in [4.78, 5) is 18.5. The van der Waals surface area contributed by atoms with Crippen LogP contribution in [0.3, 0.4) is 0 Å². The topological polar surface area (TPSA) is 29.5 Å². The first-order valence-corrected chi connectivity index (χ1v) is 8.50. The molecule has 0 saturated carbocycles. The molecule has 1 aliphatic heterocycles. The zero-order chi connectivity index (χ0) is 15.5. The van der Waals surface area contributed by atoms with Crippen LogP contribution in [0.4, 0.5) is 0 Å². The van der Waals surface area contributed by atoms with Crippen LogP contribution in [0.2, 0.25) is 0 Å². The predicted molar refractivity (Wildman–Crippen MR) is 92.6 cm³/mol. The summed E-state index contributed by atoms with van der Waals surface area (Å²) in [6.07, 6.45) is 0.853. The first kappa shape index (κ1) is 16.5. The van der Waals surface area contributed by atoms with Gasteiger partial charge >= 0.3 is 0 Å². The molecule has 3 nitrogen and oxygen atoms in total. The number of hydrogen-bond acceptors (Lipinski definition) is 2. The Morgan fingerprint density at radius 2 is 2.05 bits per heavy atom. The van der Waals surface area contributed by atoms with Gasteiger partial charge in [0.15, 0.2) is 0 Å². The van der Waals surface area contributed by atoms with Crippen LogP contribution in [0.15, 0.2) is 40.0 Å². The lowest BCUT2D eigenvalue weighted by Crippen LogP contribution is -2.33. The molecule has 1 aromatic carbocycles. The number of rotatable bonds is 5. The number of carbonyl (C=O) groups excluding carboxylic acids is 1. The molecule has 21 heavy (non-hydrogen) atoms. The number of carbonyl (C=O) groups is 1. The highest BCUT2D eigenvalue weighted by atomic mass is 127. The molecule has 114 valence electrons. The second kappa shape index (κ2) is 6.92. The third-order valence-corrected chi connectivity index (χ3v) is 4.65. The van der Waals surface area contributed by atoms with E-state index in [2.05, 4.69) is 36.4 Å². The lowest BCUT2D eigenvalue weighted by molar-refractivity contribution is -0.187. The van der Waals surface area contributed by atoms with Crippen molar-refractivity contribution in [3.63, 3.8) is 0 Å². The highest BCUT2D eigenvalue weighted by molar-refractivity contribution is 14.1. The Morgan fingerprint density at radius 3 is 2.62 bits per heavy atom. The minimum atomic E-state index is -0.425. The van der Waals surface area contributed by atoms with Crippen molar-refractivity contribution in [2.24, 2.45) is 11.3 Å². The molecule has 0 aromatic heterocycles. The molecule has 2 rings (SSSR count). The lowest BCUT2D eigenvalue weighted by Gasteiger charge is -2.25. The maximum absolute atomic E-state index is 12.7. The summed E-state index contributed by atoms with van der Waals surface area (Å²) >= 11 is 2.22. The molecule has 1 fully saturated rings. The minimum Gasteiger partial charge on any atom is -0.272 e. The normalized spacial score (nSPS) is 24.3. The first-order chi connectivity index (χ1) is 9.97. The fourth-order valence-corrected chi connectivity index (χ4v) is 3.72. The van der Waals surface area contributed by atoms with Gasteiger partial charge in [0.1, 0.15) is 6.61 Å². The zero-order valence-electron chi connectivity index (χ0n) is 12.8. The predicted octanol–water partition coefficient (Wildman–Crippen LogP) is 4.33. The Kier molecular flexibility index (Phi) is 5.43. The second-order valence-corrected chi connectivity index (χ2v) is 6.79. The van der Waals surface area contributed by atoms with Crippen molar-refractivity contribution in [1.82, 2.24) is 5.06 Å². The van der Waals surface area contributed by atoms with E-state index in [1.165, 1.54) is 5.06 Å². The van der Waals surface area contributed by atoms with Gasteiger partial charge in [-0.3, -0.25) is 9.63 Å². The number of amides is 1. The van der Waals surface area contributed by atoms with Crippen LogP contribution in [0.5, 0.6) is 0 Å². The Morgan fingerprint density at radius 1 is 1.38 bits per heavy atom. The molecule has 1 saturated heterocycles. The molecule has 1 aromatic rings. The van der Waals surface area contributed by atoms with Gasteiger partial charge in [0, 0.05) is 0 Å². The Hall–Kier alpha value is -0.880. The van der Waals surface area contributed by atoms with Crippen molar-refractivity contribution in [2.45, 2.75) is 33.8 Å². The van der Waals surface area contributed by atoms with Gasteiger partial charge in [-0.15, -0.1) is 0 Å². The smallest absolute Gasteiger partial charge is 0.256 e. The molecule has 1 atom stereocenters. The van der Waals surface area contributed by atoms with Gasteiger partial charge in [0.25, 0.3) is 5.91 Å². The monoisotopic (exact) mass is 399 g/mol. The minimum absolute atomic E-state index is 0.0787. The van der Waals surface area contributed by atoms with E-state index in [-0.39, 0.29) is 5.91 Å². The van der Waals surface area contributed by atoms with Crippen LogP contribution in [0.1, 0.15) is 32.8 Å². The zero-order valence-corrected chi connectivity index (χ0v) is 15.0. The van der Waals surface area contributed by atoms with Gasteiger partial charge in [0.05, 0.1) is 12.0 Å². The van der Waals surface area contributed by atoms with Crippen LogP contribution in [-0.2, 0) is 16.2 Å². The molecule has 1 unspecified atom stereocenters. The third-order valence-electron chi connectivity index (χ3n) is 3.90. The van der Waals surface area contributed by atoms with Gasteiger partial charge < -0.3 is 0 Å². The van der Waals surface area contributed by atoms with Crippen LogP contribution in [0, 0.1) is 11.3 Å². The SMILES string of the molecule is CC(C)CC1(C)C(=O)N(OCc2ccccc2)C/C1=C\I. The average molecular weight is 399 g/mol. The molecular weight excluding hydrogens is 377 g/mol. The van der Waals surface area contributed by atoms with Crippen molar-refractivity contribution < 1.29 is 9.63 Å². The van der Waals surface area contributed by atoms with Gasteiger partial charge in [-0.05, 0) is 34.5 Å². The first-order valence-electron chi connectivity index (χ1n) is 7.26. The number of nitrogens with zero attached hydrogens (tertiary/aromatic N) is 1. The van der Waals surface area contributed by atoms with Crippen molar-refractivity contribution in [3.8, 4) is 0 Å². The summed E-state index contributed by atoms with van der Waals surface area (Å²) in [5, 5.41) is 1.53. The van der Waals surface area contributed by atoms with E-state index in [4.69, 9.17) is 4.84 Å². The van der Waals surface area contributed by atoms with E-state index in [0.29, 0.717) is 19.1 Å². The summed E-state index contributed by atoms with van der Waals surface area (Å²) in [6.45, 7) is 7.33. The van der Waals surface area contributed by atoms with Crippen LogP contribution in [0.25, 0.3) is 0 Å². The standard InChI is InChI=1S/C17H22INO2/c1-13(2)9-17(3)15(10-18)11-19(16(17)20)21-12-14-7-5-4-6-8-14/h4-8,10,13H,9,11-12H2,1-3H3/b15-10+. The lowest BCUT2D eigenvalue weighted by atomic mass is 9.78. The molecule has 0 spiro atoms. The van der Waals surface area contributed by atoms with E-state index in [1.807, 2.05) is 41.3 Å². The quantitative estimate of drug-likeness (QED) is 0.690. The summed E-state index contributed by atoms with van der Waals surface area (Å²) in [5.41, 5.74) is 1.80. The van der Waals surface area contributed by atoms with Gasteiger partial charge in [-0.2, -0.15) is 0 Å². The molecule has 0 bridgehead atoms. The average Bonchev–Trinajstić information content (AvgIpc) is 2.69. The molecule has 1 amide bonds. The van der Waals surface area contributed by atoms with E-state index in [1.54, 1.807) is 0 Å². The Bertz CT molecular complexity index is 527. The van der Waals surface area contributed by atoms with Crippen LogP contribution in [-0.4, -0.2) is 17.5 Å². The molecule has 4 heteroatoms. The van der Waals surface area contributed by atoms with Crippen molar-refractivity contribution in [1.29, 1.82) is 0 Å². The third kappa shape index (κ3) is 3.66. The highest BCUT2D eigenvalue weighted by Crippen LogP contribution is 2.42. The fraction of sp³-hybridized carbons (Fsp3) is 0.471. The summed E-state index contributed by atoms with van der Waals surface area (Å²) < 4.78 is 2.03. The molecule has 1 aliphatic rings. The summed E-state index contributed by atoms with van der Waals surface area (Å²) in [5.74, 6) is 0.550. The number of hydroxylamine groups is 2. The van der Waals surface area contributed by atoms with Gasteiger partial charge in [0.2, 0.25) is 0 Å². The molecule has 0 radical (unpaired) electrons. The van der Waals surface area contributed by atoms with E-state index >= 15 is 0 Å². The van der Waals surface area contributed by atoms with Gasteiger partial charge in [-0.25, -0.2) is 5.06 Å². The maximum atomic E-state index is 12.7. The molecule has 0 N–H and O–H groups in total. The number of benzene rings is 1.